The van der Waals surface area contributed by atoms with Gasteiger partial charge in [-0.05, 0) is 5.56 Å². The summed E-state index contributed by atoms with van der Waals surface area (Å²) in [7, 11) is 1.61. The third kappa shape index (κ3) is 1.31. The molecule has 0 spiro atoms. The van der Waals surface area contributed by atoms with Gasteiger partial charge in [0, 0.05) is 18.8 Å². The highest BCUT2D eigenvalue weighted by Crippen LogP contribution is 2.20. The van der Waals surface area contributed by atoms with Gasteiger partial charge in [-0.1, -0.05) is 0 Å². The maximum atomic E-state index is 5.35. The highest BCUT2D eigenvalue weighted by atomic mass is 16.6. The van der Waals surface area contributed by atoms with Crippen LogP contribution in [0, 0.1) is 0 Å². The predicted octanol–water partition coefficient (Wildman–Crippen LogP) is 0.531. The number of hydrogen-bond donors (Lipinski definition) is 1. The molecule has 0 radical (unpaired) electrons. The molecule has 1 aromatic rings. The van der Waals surface area contributed by atoms with Crippen molar-refractivity contribution in [2.75, 3.05) is 13.7 Å². The monoisotopic (exact) mass is 168 g/mol. The number of nitrogens with one attached hydrogen (secondary N) is 1. The molecule has 0 aromatic carbocycles. The minimum absolute atomic E-state index is 0.722. The number of aromatic nitrogens is 1. The largest absolute Gasteiger partial charge is 0.477 e. The fourth-order valence-corrected chi connectivity index (χ4v) is 1.34. The van der Waals surface area contributed by atoms with Gasteiger partial charge in [-0.3, -0.25) is 0 Å². The van der Waals surface area contributed by atoms with Gasteiger partial charge in [-0.25, -0.2) is 0 Å². The SMILES string of the molecule is CONCc1cc2n(c1)CCO2. The molecule has 0 aliphatic carbocycles. The molecule has 4 heteroatoms. The molecular weight excluding hydrogens is 156 g/mol. The van der Waals surface area contributed by atoms with Crippen molar-refractivity contribution < 1.29 is 9.57 Å². The van der Waals surface area contributed by atoms with Crippen molar-refractivity contribution in [1.29, 1.82) is 0 Å². The topological polar surface area (TPSA) is 35.4 Å². The highest BCUT2D eigenvalue weighted by molar-refractivity contribution is 5.25. The Labute approximate surface area is 71.0 Å². The van der Waals surface area contributed by atoms with Crippen LogP contribution in [0.3, 0.4) is 0 Å². The molecule has 2 rings (SSSR count). The molecule has 2 heterocycles. The summed E-state index contributed by atoms with van der Waals surface area (Å²) < 4.78 is 7.46. The molecule has 0 bridgehead atoms. The second kappa shape index (κ2) is 3.16. The molecule has 0 amide bonds. The van der Waals surface area contributed by atoms with E-state index in [1.165, 1.54) is 5.56 Å². The van der Waals surface area contributed by atoms with Gasteiger partial charge in [0.15, 0.2) is 5.88 Å². The van der Waals surface area contributed by atoms with Gasteiger partial charge >= 0.3 is 0 Å². The van der Waals surface area contributed by atoms with E-state index in [-0.39, 0.29) is 0 Å². The lowest BCUT2D eigenvalue weighted by Gasteiger charge is -1.97. The molecule has 1 aromatic heterocycles. The Bertz CT molecular complexity index is 249. The quantitative estimate of drug-likeness (QED) is 0.669. The van der Waals surface area contributed by atoms with Gasteiger partial charge in [0.1, 0.15) is 6.61 Å². The average molecular weight is 168 g/mol. The number of rotatable bonds is 3. The molecule has 0 fully saturated rings. The zero-order valence-corrected chi connectivity index (χ0v) is 7.04. The Balaban J connectivity index is 2.05. The van der Waals surface area contributed by atoms with Crippen LogP contribution in [0.4, 0.5) is 0 Å². The fourth-order valence-electron chi connectivity index (χ4n) is 1.34. The lowest BCUT2D eigenvalue weighted by molar-refractivity contribution is 0.0867. The molecular formula is C8H12N2O2. The summed E-state index contributed by atoms with van der Waals surface area (Å²) in [6.07, 6.45) is 2.08. The molecule has 1 N–H and O–H groups in total. The van der Waals surface area contributed by atoms with Crippen molar-refractivity contribution in [2.45, 2.75) is 13.1 Å². The normalized spacial score (nSPS) is 14.4. The second-order valence-corrected chi connectivity index (χ2v) is 2.75. The van der Waals surface area contributed by atoms with Crippen molar-refractivity contribution in [3.05, 3.63) is 17.8 Å². The summed E-state index contributed by atoms with van der Waals surface area (Å²) in [5, 5.41) is 0. The number of hydroxylamine groups is 1. The smallest absolute Gasteiger partial charge is 0.193 e. The Morgan fingerprint density at radius 3 is 3.42 bits per heavy atom. The van der Waals surface area contributed by atoms with Crippen LogP contribution in [-0.2, 0) is 17.9 Å². The number of fused-ring (bicyclic) bond motifs is 1. The van der Waals surface area contributed by atoms with Crippen LogP contribution in [0.15, 0.2) is 12.3 Å². The van der Waals surface area contributed by atoms with Crippen molar-refractivity contribution in [1.82, 2.24) is 10.0 Å². The molecule has 66 valence electrons. The average Bonchev–Trinajstić information content (AvgIpc) is 2.58. The molecule has 1 aliphatic rings. The summed E-state index contributed by atoms with van der Waals surface area (Å²) in [6, 6.07) is 2.03. The van der Waals surface area contributed by atoms with Gasteiger partial charge in [-0.15, -0.1) is 0 Å². The minimum atomic E-state index is 0.722. The summed E-state index contributed by atoms with van der Waals surface area (Å²) >= 11 is 0. The van der Waals surface area contributed by atoms with Gasteiger partial charge < -0.3 is 14.1 Å². The lowest BCUT2D eigenvalue weighted by Crippen LogP contribution is -2.10. The van der Waals surface area contributed by atoms with E-state index >= 15 is 0 Å². The Hall–Kier alpha value is -1.00. The standard InChI is InChI=1S/C8H12N2O2/c1-11-9-5-7-4-8-10(6-7)2-3-12-8/h4,6,9H,2-3,5H2,1H3. The van der Waals surface area contributed by atoms with Crippen molar-refractivity contribution in [3.63, 3.8) is 0 Å². The maximum absolute atomic E-state index is 5.35. The van der Waals surface area contributed by atoms with E-state index in [0.29, 0.717) is 0 Å². The third-order valence-electron chi connectivity index (χ3n) is 1.92. The van der Waals surface area contributed by atoms with E-state index in [2.05, 4.69) is 16.2 Å². The van der Waals surface area contributed by atoms with Gasteiger partial charge in [0.25, 0.3) is 0 Å². The zero-order valence-electron chi connectivity index (χ0n) is 7.04. The molecule has 4 nitrogen and oxygen atoms in total. The van der Waals surface area contributed by atoms with Crippen molar-refractivity contribution in [2.24, 2.45) is 0 Å². The van der Waals surface area contributed by atoms with Crippen LogP contribution in [0.2, 0.25) is 0 Å². The van der Waals surface area contributed by atoms with Crippen molar-refractivity contribution >= 4 is 0 Å². The van der Waals surface area contributed by atoms with E-state index in [0.717, 1.165) is 25.6 Å². The summed E-state index contributed by atoms with van der Waals surface area (Å²) in [5.41, 5.74) is 3.97. The molecule has 0 atom stereocenters. The second-order valence-electron chi connectivity index (χ2n) is 2.75. The van der Waals surface area contributed by atoms with Crippen LogP contribution < -0.4 is 10.2 Å². The molecule has 0 unspecified atom stereocenters. The van der Waals surface area contributed by atoms with Gasteiger partial charge in [0.05, 0.1) is 13.7 Å². The molecule has 0 saturated heterocycles. The van der Waals surface area contributed by atoms with Gasteiger partial charge in [-0.2, -0.15) is 5.48 Å². The van der Waals surface area contributed by atoms with Crippen LogP contribution in [0.25, 0.3) is 0 Å². The Kier molecular flexibility index (Phi) is 2.01. The lowest BCUT2D eigenvalue weighted by atomic mass is 10.3. The Morgan fingerprint density at radius 1 is 1.75 bits per heavy atom. The summed E-state index contributed by atoms with van der Waals surface area (Å²) in [6.45, 7) is 2.48. The number of ether oxygens (including phenoxy) is 1. The van der Waals surface area contributed by atoms with Crippen LogP contribution in [0.1, 0.15) is 5.56 Å². The first-order valence-corrected chi connectivity index (χ1v) is 3.98. The highest BCUT2D eigenvalue weighted by Gasteiger charge is 2.11. The van der Waals surface area contributed by atoms with E-state index in [9.17, 15) is 0 Å². The van der Waals surface area contributed by atoms with Crippen LogP contribution >= 0.6 is 0 Å². The maximum Gasteiger partial charge on any atom is 0.193 e. The molecule has 12 heavy (non-hydrogen) atoms. The van der Waals surface area contributed by atoms with E-state index in [1.54, 1.807) is 7.11 Å². The zero-order chi connectivity index (χ0) is 8.39. The van der Waals surface area contributed by atoms with Crippen LogP contribution in [0.5, 0.6) is 5.88 Å². The first kappa shape index (κ1) is 7.64. The summed E-state index contributed by atoms with van der Waals surface area (Å²) in [5.74, 6) is 0.961. The molecule has 0 saturated carbocycles. The minimum Gasteiger partial charge on any atom is -0.477 e. The van der Waals surface area contributed by atoms with E-state index < -0.39 is 0 Å². The first-order chi connectivity index (χ1) is 5.90. The predicted molar refractivity (Wildman–Crippen MR) is 43.8 cm³/mol. The Morgan fingerprint density at radius 2 is 2.67 bits per heavy atom. The van der Waals surface area contributed by atoms with E-state index in [4.69, 9.17) is 9.57 Å². The van der Waals surface area contributed by atoms with Gasteiger partial charge in [0.2, 0.25) is 0 Å². The summed E-state index contributed by atoms with van der Waals surface area (Å²) in [4.78, 5) is 4.75. The van der Waals surface area contributed by atoms with E-state index in [1.807, 2.05) is 6.07 Å². The molecule has 1 aliphatic heterocycles. The number of nitrogens with zero attached hydrogens (tertiary/aromatic N) is 1. The third-order valence-corrected chi connectivity index (χ3v) is 1.92. The van der Waals surface area contributed by atoms with Crippen molar-refractivity contribution in [3.8, 4) is 5.88 Å². The van der Waals surface area contributed by atoms with Crippen LogP contribution in [-0.4, -0.2) is 18.3 Å². The fraction of sp³-hybridized carbons (Fsp3) is 0.500. The number of hydrogen-bond acceptors (Lipinski definition) is 3. The first-order valence-electron chi connectivity index (χ1n) is 3.98.